The number of carbonyl (C=O) groups excluding carboxylic acids is 1. The molecule has 0 amide bonds. The molecule has 226 valence electrons. The molecule has 3 aromatic heterocycles. The average molecular weight is 607 g/mol. The topological polar surface area (TPSA) is 109 Å². The summed E-state index contributed by atoms with van der Waals surface area (Å²) in [6, 6.07) is 15.7. The highest BCUT2D eigenvalue weighted by Crippen LogP contribution is 2.45. The molecule has 8 heteroatoms. The number of nitrogens with zero attached hydrogens (tertiary/aromatic N) is 3. The highest BCUT2D eigenvalue weighted by atomic mass is 32.1. The van der Waals surface area contributed by atoms with Gasteiger partial charge in [-0.05, 0) is 80.5 Å². The average Bonchev–Trinajstić information content (AvgIpc) is 3.55. The summed E-state index contributed by atoms with van der Waals surface area (Å²) in [5.74, 6) is -1.09. The fraction of sp³-hybridized carbons (Fsp3) is 0.361. The number of benzene rings is 2. The van der Waals surface area contributed by atoms with Crippen LogP contribution in [0.2, 0.25) is 0 Å². The summed E-state index contributed by atoms with van der Waals surface area (Å²) in [7, 11) is 0. The molecule has 1 aliphatic rings. The van der Waals surface area contributed by atoms with Gasteiger partial charge in [0, 0.05) is 16.7 Å². The summed E-state index contributed by atoms with van der Waals surface area (Å²) >= 11 is 1.64. The van der Waals surface area contributed by atoms with Crippen LogP contribution in [-0.2, 0) is 11.3 Å². The lowest BCUT2D eigenvalue weighted by Gasteiger charge is -2.24. The molecule has 0 aliphatic heterocycles. The van der Waals surface area contributed by atoms with E-state index in [0.29, 0.717) is 12.3 Å². The Morgan fingerprint density at radius 1 is 1.05 bits per heavy atom. The van der Waals surface area contributed by atoms with Crippen LogP contribution in [0.4, 0.5) is 0 Å². The first-order valence-corrected chi connectivity index (χ1v) is 16.3. The van der Waals surface area contributed by atoms with E-state index in [1.807, 2.05) is 50.5 Å². The molecule has 0 radical (unpaired) electrons. The predicted octanol–water partition coefficient (Wildman–Crippen LogP) is 8.98. The SMILES string of the molecule is CCC(C)C(=N)C(=O)Cn1c(-c2ccc3nc(-c4sc(C)nc4C)ccc3c2)c(C2CCCCC2)c2ccc(C(=O)O)cc21. The predicted molar refractivity (Wildman–Crippen MR) is 178 cm³/mol. The lowest BCUT2D eigenvalue weighted by Crippen LogP contribution is -2.25. The van der Waals surface area contributed by atoms with E-state index in [4.69, 9.17) is 10.4 Å². The quantitative estimate of drug-likeness (QED) is 0.163. The van der Waals surface area contributed by atoms with Crippen LogP contribution < -0.4 is 0 Å². The van der Waals surface area contributed by atoms with E-state index in [1.165, 1.54) is 12.0 Å². The normalized spacial score (nSPS) is 14.7. The number of rotatable bonds is 9. The van der Waals surface area contributed by atoms with Gasteiger partial charge in [-0.2, -0.15) is 0 Å². The van der Waals surface area contributed by atoms with Gasteiger partial charge < -0.3 is 15.1 Å². The third-order valence-electron chi connectivity index (χ3n) is 9.17. The molecule has 0 saturated heterocycles. The van der Waals surface area contributed by atoms with Crippen LogP contribution in [0.25, 0.3) is 43.6 Å². The number of Topliss-reactive ketones (excluding diaryl/α,β-unsaturated/α-hetero) is 1. The Bertz CT molecular complexity index is 1930. The summed E-state index contributed by atoms with van der Waals surface area (Å²) in [6.45, 7) is 7.90. The number of carboxylic acid groups (broad SMARTS) is 1. The summed E-state index contributed by atoms with van der Waals surface area (Å²) in [6.07, 6.45) is 6.30. The largest absolute Gasteiger partial charge is 0.478 e. The number of ketones is 1. The minimum atomic E-state index is -1.00. The number of aromatic nitrogens is 3. The van der Waals surface area contributed by atoms with Gasteiger partial charge in [0.2, 0.25) is 0 Å². The summed E-state index contributed by atoms with van der Waals surface area (Å²) in [5, 5.41) is 21.5. The van der Waals surface area contributed by atoms with Crippen LogP contribution in [0, 0.1) is 25.2 Å². The Hall–Kier alpha value is -4.17. The van der Waals surface area contributed by atoms with Crippen molar-refractivity contribution in [3.8, 4) is 21.8 Å². The van der Waals surface area contributed by atoms with Crippen molar-refractivity contribution in [3.05, 3.63) is 70.4 Å². The van der Waals surface area contributed by atoms with E-state index in [-0.39, 0.29) is 29.5 Å². The number of nitrogens with one attached hydrogen (secondary N) is 1. The second-order valence-corrected chi connectivity index (χ2v) is 13.3. The highest BCUT2D eigenvalue weighted by molar-refractivity contribution is 7.15. The van der Waals surface area contributed by atoms with Gasteiger partial charge in [-0.1, -0.05) is 51.3 Å². The monoisotopic (exact) mass is 606 g/mol. The maximum atomic E-state index is 13.6. The van der Waals surface area contributed by atoms with Crippen LogP contribution in [0.15, 0.2) is 48.5 Å². The number of thiazole rings is 1. The molecule has 1 saturated carbocycles. The fourth-order valence-corrected chi connectivity index (χ4v) is 7.55. The van der Waals surface area contributed by atoms with Crippen molar-refractivity contribution in [1.82, 2.24) is 14.5 Å². The first kappa shape index (κ1) is 29.9. The smallest absolute Gasteiger partial charge is 0.335 e. The van der Waals surface area contributed by atoms with Crippen molar-refractivity contribution in [3.63, 3.8) is 0 Å². The van der Waals surface area contributed by atoms with Crippen LogP contribution >= 0.6 is 11.3 Å². The Labute approximate surface area is 261 Å². The third-order valence-corrected chi connectivity index (χ3v) is 10.3. The van der Waals surface area contributed by atoms with Crippen molar-refractivity contribution in [1.29, 1.82) is 5.41 Å². The molecule has 7 nitrogen and oxygen atoms in total. The van der Waals surface area contributed by atoms with Crippen molar-refractivity contribution in [2.45, 2.75) is 78.7 Å². The van der Waals surface area contributed by atoms with Crippen LogP contribution in [0.1, 0.15) is 84.9 Å². The summed E-state index contributed by atoms with van der Waals surface area (Å²) < 4.78 is 1.98. The number of hydrogen-bond donors (Lipinski definition) is 2. The van der Waals surface area contributed by atoms with Gasteiger partial charge in [0.05, 0.1) is 55.8 Å². The van der Waals surface area contributed by atoms with Crippen molar-refractivity contribution in [2.75, 3.05) is 0 Å². The molecule has 0 bridgehead atoms. The first-order valence-electron chi connectivity index (χ1n) is 15.5. The van der Waals surface area contributed by atoms with Gasteiger partial charge in [0.25, 0.3) is 0 Å². The molecule has 44 heavy (non-hydrogen) atoms. The first-order chi connectivity index (χ1) is 21.2. The van der Waals surface area contributed by atoms with E-state index < -0.39 is 5.97 Å². The Morgan fingerprint density at radius 2 is 1.82 bits per heavy atom. The lowest BCUT2D eigenvalue weighted by molar-refractivity contribution is -0.113. The molecule has 6 rings (SSSR count). The Kier molecular flexibility index (Phi) is 8.20. The van der Waals surface area contributed by atoms with Gasteiger partial charge in [0.15, 0.2) is 5.78 Å². The van der Waals surface area contributed by atoms with E-state index >= 15 is 0 Å². The second kappa shape index (κ2) is 12.1. The number of hydrogen-bond acceptors (Lipinski definition) is 6. The zero-order valence-corrected chi connectivity index (χ0v) is 26.6. The van der Waals surface area contributed by atoms with Crippen molar-refractivity contribution < 1.29 is 14.7 Å². The van der Waals surface area contributed by atoms with Crippen LogP contribution in [0.5, 0.6) is 0 Å². The standard InChI is InChI=1S/C36H38N4O3S/c1-5-20(2)33(37)31(41)19-40-30-18-26(36(42)43)11-14-27(30)32(23-9-7-6-8-10-23)34(40)25-13-15-28-24(17-25)12-16-29(39-28)35-21(3)38-22(4)44-35/h11-18,20,23,37H,5-10,19H2,1-4H3,(H,42,43). The molecule has 1 fully saturated rings. The Morgan fingerprint density at radius 3 is 2.50 bits per heavy atom. The molecule has 2 N–H and O–H groups in total. The molecule has 2 aromatic carbocycles. The van der Waals surface area contributed by atoms with Crippen LogP contribution in [-0.4, -0.2) is 37.1 Å². The minimum Gasteiger partial charge on any atom is -0.478 e. The van der Waals surface area contributed by atoms with E-state index in [9.17, 15) is 14.7 Å². The maximum Gasteiger partial charge on any atom is 0.335 e. The number of aromatic carboxylic acids is 1. The molecule has 1 atom stereocenters. The van der Waals surface area contributed by atoms with E-state index in [0.717, 1.165) is 80.0 Å². The molecule has 1 aliphatic carbocycles. The highest BCUT2D eigenvalue weighted by Gasteiger charge is 2.29. The molecule has 5 aromatic rings. The van der Waals surface area contributed by atoms with E-state index in [2.05, 4.69) is 23.2 Å². The van der Waals surface area contributed by atoms with Crippen molar-refractivity contribution in [2.24, 2.45) is 5.92 Å². The fourth-order valence-electron chi connectivity index (χ4n) is 6.67. The summed E-state index contributed by atoms with van der Waals surface area (Å²) in [4.78, 5) is 36.3. The van der Waals surface area contributed by atoms with E-state index in [1.54, 1.807) is 23.5 Å². The Balaban J connectivity index is 1.56. The molecule has 1 unspecified atom stereocenters. The van der Waals surface area contributed by atoms with Gasteiger partial charge >= 0.3 is 5.97 Å². The molecular weight excluding hydrogens is 568 g/mol. The van der Waals surface area contributed by atoms with Gasteiger partial charge in [0.1, 0.15) is 0 Å². The zero-order chi connectivity index (χ0) is 31.1. The summed E-state index contributed by atoms with van der Waals surface area (Å²) in [5.41, 5.74) is 6.87. The molecular formula is C36H38N4O3S. The third kappa shape index (κ3) is 5.47. The molecule has 0 spiro atoms. The van der Waals surface area contributed by atoms with Gasteiger partial charge in [-0.3, -0.25) is 4.79 Å². The molecule has 3 heterocycles. The number of carboxylic acids is 1. The second-order valence-electron chi connectivity index (χ2n) is 12.1. The number of fused-ring (bicyclic) bond motifs is 2. The van der Waals surface area contributed by atoms with Gasteiger partial charge in [-0.25, -0.2) is 14.8 Å². The number of pyridine rings is 1. The number of carbonyl (C=O) groups is 2. The van der Waals surface area contributed by atoms with Crippen LogP contribution in [0.3, 0.4) is 0 Å². The lowest BCUT2D eigenvalue weighted by atomic mass is 9.81. The van der Waals surface area contributed by atoms with Gasteiger partial charge in [-0.15, -0.1) is 11.3 Å². The zero-order valence-electron chi connectivity index (χ0n) is 25.7. The number of aryl methyl sites for hydroxylation is 2. The van der Waals surface area contributed by atoms with Crippen molar-refractivity contribution >= 4 is 50.6 Å². The minimum absolute atomic E-state index is 0.00989. The maximum absolute atomic E-state index is 13.6.